The van der Waals surface area contributed by atoms with Crippen molar-refractivity contribution in [2.75, 3.05) is 0 Å². The van der Waals surface area contributed by atoms with Crippen molar-refractivity contribution in [3.05, 3.63) is 98.2 Å². The van der Waals surface area contributed by atoms with Crippen molar-refractivity contribution in [3.8, 4) is 21.8 Å². The first-order valence-electron chi connectivity index (χ1n) is 9.64. The quantitative estimate of drug-likeness (QED) is 0.449. The van der Waals surface area contributed by atoms with Crippen LogP contribution < -0.4 is 5.56 Å². The number of pyridine rings is 1. The second-order valence-corrected chi connectivity index (χ2v) is 8.69. The van der Waals surface area contributed by atoms with Gasteiger partial charge in [-0.25, -0.2) is 4.98 Å². The number of nitrogens with one attached hydrogen (secondary N) is 1. The van der Waals surface area contributed by atoms with Gasteiger partial charge in [-0.3, -0.25) is 9.59 Å². The predicted octanol–water partition coefficient (Wildman–Crippen LogP) is 5.73. The van der Waals surface area contributed by atoms with Crippen LogP contribution in [0, 0.1) is 0 Å². The molecule has 0 fully saturated rings. The van der Waals surface area contributed by atoms with Crippen molar-refractivity contribution < 1.29 is 4.79 Å². The van der Waals surface area contributed by atoms with E-state index in [9.17, 15) is 9.59 Å². The number of H-pyrrole nitrogens is 1. The summed E-state index contributed by atoms with van der Waals surface area (Å²) in [5, 5.41) is 3.12. The highest BCUT2D eigenvalue weighted by Crippen LogP contribution is 2.34. The number of fused-ring (bicyclic) bond motifs is 1. The Kier molecular flexibility index (Phi) is 4.85. The number of hydrogen-bond acceptors (Lipinski definition) is 4. The predicted molar refractivity (Wildman–Crippen MR) is 120 cm³/mol. The van der Waals surface area contributed by atoms with Crippen LogP contribution in [0.25, 0.3) is 21.8 Å². The SMILES string of the molecule is O=C1C[C@@H](c2ccccc2)Cc2[nH]c(=O)c(-c3nc(-c4cccc(Cl)c4)cs3)cc21. The van der Waals surface area contributed by atoms with Gasteiger partial charge in [-0.15, -0.1) is 11.3 Å². The molecule has 5 rings (SSSR count). The van der Waals surface area contributed by atoms with E-state index in [0.717, 1.165) is 16.8 Å². The van der Waals surface area contributed by atoms with E-state index in [1.165, 1.54) is 11.3 Å². The fraction of sp³-hybridized carbons (Fsp3) is 0.125. The number of carbonyl (C=O) groups is 1. The molecule has 0 radical (unpaired) electrons. The van der Waals surface area contributed by atoms with E-state index in [1.54, 1.807) is 12.1 Å². The van der Waals surface area contributed by atoms with Gasteiger partial charge >= 0.3 is 0 Å². The summed E-state index contributed by atoms with van der Waals surface area (Å²) in [6.45, 7) is 0. The van der Waals surface area contributed by atoms with Gasteiger partial charge in [-0.2, -0.15) is 0 Å². The summed E-state index contributed by atoms with van der Waals surface area (Å²) < 4.78 is 0. The van der Waals surface area contributed by atoms with Gasteiger partial charge in [0.1, 0.15) is 5.01 Å². The largest absolute Gasteiger partial charge is 0.325 e. The summed E-state index contributed by atoms with van der Waals surface area (Å²) in [6.07, 6.45) is 1.08. The van der Waals surface area contributed by atoms with Crippen molar-refractivity contribution in [1.29, 1.82) is 0 Å². The number of aromatic amines is 1. The Morgan fingerprint density at radius 2 is 1.80 bits per heavy atom. The maximum atomic E-state index is 12.9. The number of ketones is 1. The van der Waals surface area contributed by atoms with Crippen LogP contribution in [0.5, 0.6) is 0 Å². The van der Waals surface area contributed by atoms with Gasteiger partial charge in [0.2, 0.25) is 0 Å². The number of thiazole rings is 1. The third kappa shape index (κ3) is 3.51. The number of benzene rings is 2. The summed E-state index contributed by atoms with van der Waals surface area (Å²) in [5.41, 5.74) is 4.27. The fourth-order valence-electron chi connectivity index (χ4n) is 3.93. The summed E-state index contributed by atoms with van der Waals surface area (Å²) in [5.74, 6) is 0.135. The standard InChI is InChI=1S/C24H17ClN2O2S/c25-17-8-4-7-15(9-17)21-13-30-24(27-21)19-12-18-20(26-23(19)29)10-16(11-22(18)28)14-5-2-1-3-6-14/h1-9,12-13,16H,10-11H2,(H,26,29)/t16-/m0/s1. The number of halogens is 1. The molecule has 0 spiro atoms. The highest BCUT2D eigenvalue weighted by molar-refractivity contribution is 7.13. The van der Waals surface area contributed by atoms with E-state index in [-0.39, 0.29) is 17.3 Å². The van der Waals surface area contributed by atoms with E-state index >= 15 is 0 Å². The zero-order valence-electron chi connectivity index (χ0n) is 15.9. The van der Waals surface area contributed by atoms with Gasteiger partial charge < -0.3 is 4.98 Å². The van der Waals surface area contributed by atoms with Crippen LogP contribution in [0.2, 0.25) is 5.02 Å². The minimum atomic E-state index is -0.220. The van der Waals surface area contributed by atoms with Gasteiger partial charge in [-0.05, 0) is 36.1 Å². The molecule has 4 aromatic rings. The Morgan fingerprint density at radius 1 is 0.967 bits per heavy atom. The molecule has 0 bridgehead atoms. The Bertz CT molecular complexity index is 1310. The molecule has 0 amide bonds. The van der Waals surface area contributed by atoms with Crippen molar-refractivity contribution >= 4 is 28.7 Å². The monoisotopic (exact) mass is 432 g/mol. The maximum Gasteiger partial charge on any atom is 0.258 e. The van der Waals surface area contributed by atoms with Gasteiger partial charge in [-0.1, -0.05) is 54.1 Å². The molecule has 2 aromatic carbocycles. The molecule has 1 atom stereocenters. The molecule has 0 unspecified atom stereocenters. The van der Waals surface area contributed by atoms with Crippen LogP contribution in [-0.4, -0.2) is 15.8 Å². The minimum Gasteiger partial charge on any atom is -0.325 e. The summed E-state index contributed by atoms with van der Waals surface area (Å²) in [7, 11) is 0. The third-order valence-corrected chi connectivity index (χ3v) is 6.54. The van der Waals surface area contributed by atoms with Crippen LogP contribution >= 0.6 is 22.9 Å². The van der Waals surface area contributed by atoms with Crippen LogP contribution in [0.15, 0.2) is 70.8 Å². The maximum absolute atomic E-state index is 12.9. The molecule has 1 N–H and O–H groups in total. The van der Waals surface area contributed by atoms with E-state index in [2.05, 4.69) is 9.97 Å². The highest BCUT2D eigenvalue weighted by atomic mass is 35.5. The number of hydrogen-bond donors (Lipinski definition) is 1. The van der Waals surface area contributed by atoms with E-state index in [4.69, 9.17) is 11.6 Å². The molecule has 4 nitrogen and oxygen atoms in total. The summed E-state index contributed by atoms with van der Waals surface area (Å²) in [6, 6.07) is 19.1. The minimum absolute atomic E-state index is 0.0502. The first kappa shape index (κ1) is 19.0. The lowest BCUT2D eigenvalue weighted by molar-refractivity contribution is 0.0963. The molecule has 148 valence electrons. The Morgan fingerprint density at radius 3 is 2.60 bits per heavy atom. The van der Waals surface area contributed by atoms with Crippen LogP contribution in [-0.2, 0) is 6.42 Å². The molecular weight excluding hydrogens is 416 g/mol. The zero-order valence-corrected chi connectivity index (χ0v) is 17.5. The van der Waals surface area contributed by atoms with Crippen molar-refractivity contribution in [2.24, 2.45) is 0 Å². The van der Waals surface area contributed by atoms with E-state index < -0.39 is 0 Å². The number of nitrogens with zero attached hydrogens (tertiary/aromatic N) is 1. The van der Waals surface area contributed by atoms with E-state index in [1.807, 2.05) is 53.9 Å². The lowest BCUT2D eigenvalue weighted by Crippen LogP contribution is -2.24. The van der Waals surface area contributed by atoms with Crippen molar-refractivity contribution in [3.63, 3.8) is 0 Å². The Hall–Kier alpha value is -3.02. The normalized spacial score (nSPS) is 15.8. The first-order chi connectivity index (χ1) is 14.6. The highest BCUT2D eigenvalue weighted by Gasteiger charge is 2.28. The second kappa shape index (κ2) is 7.67. The molecular formula is C24H17ClN2O2S. The first-order valence-corrected chi connectivity index (χ1v) is 10.9. The average Bonchev–Trinajstić information content (AvgIpc) is 3.24. The van der Waals surface area contributed by atoms with Crippen LogP contribution in [0.4, 0.5) is 0 Å². The van der Waals surface area contributed by atoms with Crippen LogP contribution in [0.3, 0.4) is 0 Å². The molecule has 0 aliphatic heterocycles. The van der Waals surface area contributed by atoms with Gasteiger partial charge in [0.05, 0.1) is 11.3 Å². The summed E-state index contributed by atoms with van der Waals surface area (Å²) in [4.78, 5) is 33.3. The smallest absolute Gasteiger partial charge is 0.258 e. The number of aromatic nitrogens is 2. The Labute approximate surface area is 182 Å². The lowest BCUT2D eigenvalue weighted by atomic mass is 9.81. The fourth-order valence-corrected chi connectivity index (χ4v) is 4.96. The molecule has 1 aliphatic rings. The van der Waals surface area contributed by atoms with Gasteiger partial charge in [0, 0.05) is 33.6 Å². The molecule has 2 aromatic heterocycles. The summed E-state index contributed by atoms with van der Waals surface area (Å²) >= 11 is 7.46. The molecule has 0 saturated heterocycles. The number of Topliss-reactive ketones (excluding diaryl/α,β-unsaturated/α-hetero) is 1. The molecule has 0 saturated carbocycles. The Balaban J connectivity index is 1.50. The topological polar surface area (TPSA) is 62.8 Å². The van der Waals surface area contributed by atoms with Gasteiger partial charge in [0.15, 0.2) is 5.78 Å². The zero-order chi connectivity index (χ0) is 20.7. The molecule has 30 heavy (non-hydrogen) atoms. The second-order valence-electron chi connectivity index (χ2n) is 7.39. The molecule has 2 heterocycles. The van der Waals surface area contributed by atoms with Gasteiger partial charge in [0.25, 0.3) is 5.56 Å². The molecule has 6 heteroatoms. The number of rotatable bonds is 3. The molecule has 1 aliphatic carbocycles. The van der Waals surface area contributed by atoms with E-state index in [0.29, 0.717) is 39.7 Å². The number of carbonyl (C=O) groups excluding carboxylic acids is 1. The lowest BCUT2D eigenvalue weighted by Gasteiger charge is -2.24. The van der Waals surface area contributed by atoms with Crippen molar-refractivity contribution in [1.82, 2.24) is 9.97 Å². The van der Waals surface area contributed by atoms with Crippen LogP contribution in [0.1, 0.15) is 34.0 Å². The average molecular weight is 433 g/mol. The van der Waals surface area contributed by atoms with Crippen molar-refractivity contribution in [2.45, 2.75) is 18.8 Å². The third-order valence-electron chi connectivity index (χ3n) is 5.43.